The molecule has 1 heterocycles. The molecule has 0 spiro atoms. The average Bonchev–Trinajstić information content (AvgIpc) is 2.70. The highest BCUT2D eigenvalue weighted by molar-refractivity contribution is 5.91. The van der Waals surface area contributed by atoms with Gasteiger partial charge in [0.15, 0.2) is 0 Å². The molecule has 4 heteroatoms. The van der Waals surface area contributed by atoms with E-state index in [2.05, 4.69) is 40.6 Å². The molecule has 1 N–H and O–H groups in total. The van der Waals surface area contributed by atoms with Crippen LogP contribution in [0.2, 0.25) is 0 Å². The quantitative estimate of drug-likeness (QED) is 0.646. The van der Waals surface area contributed by atoms with E-state index in [1.165, 1.54) is 11.1 Å². The molecular weight excluding hydrogens is 322 g/mol. The molecular formula is C22H23N3O. The van der Waals surface area contributed by atoms with E-state index in [9.17, 15) is 4.79 Å². The predicted octanol–water partition coefficient (Wildman–Crippen LogP) is 3.14. The summed E-state index contributed by atoms with van der Waals surface area (Å²) in [4.78, 5) is 14.3. The van der Waals surface area contributed by atoms with Gasteiger partial charge in [0.1, 0.15) is 0 Å². The summed E-state index contributed by atoms with van der Waals surface area (Å²) in [7, 11) is 0. The SMILES string of the molecule is N#Cc1ccc(C=CC(=O)NCCCN2CCc3ccccc3C2)cc1. The third-order valence-corrected chi connectivity index (χ3v) is 4.63. The van der Waals surface area contributed by atoms with Crippen LogP contribution < -0.4 is 5.32 Å². The van der Waals surface area contributed by atoms with Crippen LogP contribution in [0.25, 0.3) is 6.08 Å². The first-order valence-corrected chi connectivity index (χ1v) is 9.00. The second kappa shape index (κ2) is 8.98. The van der Waals surface area contributed by atoms with Gasteiger partial charge in [0.2, 0.25) is 5.91 Å². The Morgan fingerprint density at radius 2 is 1.92 bits per heavy atom. The van der Waals surface area contributed by atoms with Gasteiger partial charge in [0.05, 0.1) is 11.6 Å². The molecule has 0 aromatic heterocycles. The molecule has 0 radical (unpaired) electrons. The minimum atomic E-state index is -0.0849. The van der Waals surface area contributed by atoms with Crippen LogP contribution in [0.15, 0.2) is 54.6 Å². The van der Waals surface area contributed by atoms with Crippen molar-refractivity contribution in [3.05, 3.63) is 76.9 Å². The molecule has 1 aliphatic rings. The lowest BCUT2D eigenvalue weighted by atomic mass is 10.00. The molecule has 0 fully saturated rings. The number of benzene rings is 2. The van der Waals surface area contributed by atoms with Crippen molar-refractivity contribution in [2.24, 2.45) is 0 Å². The number of nitrogens with zero attached hydrogens (tertiary/aromatic N) is 2. The van der Waals surface area contributed by atoms with Crippen molar-refractivity contribution in [1.82, 2.24) is 10.2 Å². The zero-order chi connectivity index (χ0) is 18.2. The van der Waals surface area contributed by atoms with Crippen LogP contribution in [-0.4, -0.2) is 30.4 Å². The zero-order valence-electron chi connectivity index (χ0n) is 14.8. The van der Waals surface area contributed by atoms with Crippen LogP contribution >= 0.6 is 0 Å². The van der Waals surface area contributed by atoms with E-state index in [-0.39, 0.29) is 5.91 Å². The molecule has 0 saturated heterocycles. The maximum atomic E-state index is 11.9. The van der Waals surface area contributed by atoms with Crippen molar-refractivity contribution >= 4 is 12.0 Å². The normalized spacial score (nSPS) is 14.0. The van der Waals surface area contributed by atoms with Gasteiger partial charge in [-0.3, -0.25) is 9.69 Å². The summed E-state index contributed by atoms with van der Waals surface area (Å²) in [5.41, 5.74) is 4.41. The van der Waals surface area contributed by atoms with Gasteiger partial charge in [-0.1, -0.05) is 36.4 Å². The van der Waals surface area contributed by atoms with Crippen molar-refractivity contribution in [3.8, 4) is 6.07 Å². The second-order valence-corrected chi connectivity index (χ2v) is 6.51. The number of rotatable bonds is 6. The Hall–Kier alpha value is -2.90. The van der Waals surface area contributed by atoms with Crippen molar-refractivity contribution < 1.29 is 4.79 Å². The Balaban J connectivity index is 1.36. The van der Waals surface area contributed by atoms with Crippen LogP contribution in [-0.2, 0) is 17.8 Å². The molecule has 0 bridgehead atoms. The van der Waals surface area contributed by atoms with E-state index < -0.39 is 0 Å². The van der Waals surface area contributed by atoms with Gasteiger partial charge in [-0.05, 0) is 47.7 Å². The molecule has 26 heavy (non-hydrogen) atoms. The van der Waals surface area contributed by atoms with E-state index in [1.54, 1.807) is 24.3 Å². The van der Waals surface area contributed by atoms with Crippen molar-refractivity contribution in [3.63, 3.8) is 0 Å². The molecule has 2 aromatic rings. The fourth-order valence-electron chi connectivity index (χ4n) is 3.16. The molecule has 3 rings (SSSR count). The predicted molar refractivity (Wildman–Crippen MR) is 103 cm³/mol. The molecule has 0 unspecified atom stereocenters. The van der Waals surface area contributed by atoms with E-state index in [0.29, 0.717) is 12.1 Å². The van der Waals surface area contributed by atoms with Gasteiger partial charge in [-0.2, -0.15) is 5.26 Å². The third kappa shape index (κ3) is 5.05. The fraction of sp³-hybridized carbons (Fsp3) is 0.273. The smallest absolute Gasteiger partial charge is 0.243 e. The Bertz CT molecular complexity index is 818. The van der Waals surface area contributed by atoms with Crippen molar-refractivity contribution in [2.75, 3.05) is 19.6 Å². The highest BCUT2D eigenvalue weighted by Crippen LogP contribution is 2.18. The van der Waals surface area contributed by atoms with Gasteiger partial charge in [-0.25, -0.2) is 0 Å². The number of hydrogen-bond donors (Lipinski definition) is 1. The van der Waals surface area contributed by atoms with E-state index >= 15 is 0 Å². The monoisotopic (exact) mass is 345 g/mol. The summed E-state index contributed by atoms with van der Waals surface area (Å²) in [5.74, 6) is -0.0849. The lowest BCUT2D eigenvalue weighted by Gasteiger charge is -2.28. The van der Waals surface area contributed by atoms with Crippen LogP contribution in [0.5, 0.6) is 0 Å². The van der Waals surface area contributed by atoms with E-state index in [4.69, 9.17) is 5.26 Å². The van der Waals surface area contributed by atoms with Crippen molar-refractivity contribution in [1.29, 1.82) is 5.26 Å². The van der Waals surface area contributed by atoms with Crippen LogP contribution in [0.3, 0.4) is 0 Å². The van der Waals surface area contributed by atoms with E-state index in [1.807, 2.05) is 12.1 Å². The maximum absolute atomic E-state index is 11.9. The summed E-state index contributed by atoms with van der Waals surface area (Å²) >= 11 is 0. The van der Waals surface area contributed by atoms with Crippen molar-refractivity contribution in [2.45, 2.75) is 19.4 Å². The zero-order valence-corrected chi connectivity index (χ0v) is 14.8. The lowest BCUT2D eigenvalue weighted by Crippen LogP contribution is -2.33. The first kappa shape index (κ1) is 17.9. The molecule has 0 saturated carbocycles. The minimum absolute atomic E-state index is 0.0849. The van der Waals surface area contributed by atoms with Crippen LogP contribution in [0.1, 0.15) is 28.7 Å². The number of nitrogens with one attached hydrogen (secondary N) is 1. The topological polar surface area (TPSA) is 56.1 Å². The first-order valence-electron chi connectivity index (χ1n) is 9.00. The highest BCUT2D eigenvalue weighted by Gasteiger charge is 2.14. The fourth-order valence-corrected chi connectivity index (χ4v) is 3.16. The van der Waals surface area contributed by atoms with E-state index in [0.717, 1.165) is 38.0 Å². The average molecular weight is 345 g/mol. The van der Waals surface area contributed by atoms with Gasteiger partial charge >= 0.3 is 0 Å². The third-order valence-electron chi connectivity index (χ3n) is 4.63. The first-order chi connectivity index (χ1) is 12.7. The largest absolute Gasteiger partial charge is 0.353 e. The molecule has 0 aliphatic carbocycles. The van der Waals surface area contributed by atoms with Crippen LogP contribution in [0.4, 0.5) is 0 Å². The molecule has 2 aromatic carbocycles. The summed E-state index contributed by atoms with van der Waals surface area (Å²) in [6.45, 7) is 3.76. The molecule has 1 aliphatic heterocycles. The van der Waals surface area contributed by atoms with Gasteiger partial charge < -0.3 is 5.32 Å². The minimum Gasteiger partial charge on any atom is -0.353 e. The summed E-state index contributed by atoms with van der Waals surface area (Å²) < 4.78 is 0. The summed E-state index contributed by atoms with van der Waals surface area (Å²) in [6, 6.07) is 17.9. The standard InChI is InChI=1S/C22H23N3O/c23-16-19-8-6-18(7-9-19)10-11-22(26)24-13-3-14-25-15-12-20-4-1-2-5-21(20)17-25/h1-2,4-11H,3,12-15,17H2,(H,24,26). The Morgan fingerprint density at radius 3 is 2.69 bits per heavy atom. The number of nitriles is 1. The molecule has 0 atom stereocenters. The molecule has 4 nitrogen and oxygen atoms in total. The van der Waals surface area contributed by atoms with Gasteiger partial charge in [0, 0.05) is 32.3 Å². The second-order valence-electron chi connectivity index (χ2n) is 6.51. The van der Waals surface area contributed by atoms with Crippen LogP contribution in [0, 0.1) is 11.3 Å². The summed E-state index contributed by atoms with van der Waals surface area (Å²) in [5, 5.41) is 11.7. The van der Waals surface area contributed by atoms with Gasteiger partial charge in [-0.15, -0.1) is 0 Å². The number of fused-ring (bicyclic) bond motifs is 1. The number of carbonyl (C=O) groups is 1. The van der Waals surface area contributed by atoms with Gasteiger partial charge in [0.25, 0.3) is 0 Å². The number of carbonyl (C=O) groups excluding carboxylic acids is 1. The number of amides is 1. The Morgan fingerprint density at radius 1 is 1.15 bits per heavy atom. The summed E-state index contributed by atoms with van der Waals surface area (Å²) in [6.07, 6.45) is 5.35. The maximum Gasteiger partial charge on any atom is 0.243 e. The highest BCUT2D eigenvalue weighted by atomic mass is 16.1. The number of hydrogen-bond acceptors (Lipinski definition) is 3. The Kier molecular flexibility index (Phi) is 6.19. The Labute approximate surface area is 154 Å². The molecule has 132 valence electrons. The lowest BCUT2D eigenvalue weighted by molar-refractivity contribution is -0.116. The molecule has 1 amide bonds.